The molecule has 0 aliphatic carbocycles. The Bertz CT molecular complexity index is 1260. The van der Waals surface area contributed by atoms with Crippen molar-refractivity contribution in [2.75, 3.05) is 6.54 Å². The Morgan fingerprint density at radius 3 is 2.00 bits per heavy atom. The van der Waals surface area contributed by atoms with Gasteiger partial charge in [-0.25, -0.2) is 4.98 Å². The third kappa shape index (κ3) is 6.84. The molecule has 192 valence electrons. The first-order chi connectivity index (χ1) is 18.1. The molecule has 0 N–H and O–H groups in total. The minimum atomic E-state index is 0.107. The van der Waals surface area contributed by atoms with Gasteiger partial charge < -0.3 is 4.57 Å². The molecular weight excluding hydrogens is 454 g/mol. The standard InChI is InChI=1S/C33H39N3O/c1-4-6-22-35(24-27-18-20-28(21-19-27)26(3)37)25-31-32(29-14-10-8-11-15-29)34-33(36(31)23-7-5-2)30-16-12-9-13-17-30/h8-21H,4-7,22-25H2,1-3H3. The van der Waals surface area contributed by atoms with E-state index >= 15 is 0 Å². The van der Waals surface area contributed by atoms with E-state index in [1.54, 1.807) is 6.92 Å². The predicted octanol–water partition coefficient (Wildman–Crippen LogP) is 8.02. The summed E-state index contributed by atoms with van der Waals surface area (Å²) < 4.78 is 2.46. The fraction of sp³-hybridized carbons (Fsp3) is 0.333. The topological polar surface area (TPSA) is 38.1 Å². The maximum Gasteiger partial charge on any atom is 0.159 e. The van der Waals surface area contributed by atoms with Gasteiger partial charge in [0.15, 0.2) is 5.78 Å². The molecule has 0 amide bonds. The van der Waals surface area contributed by atoms with Crippen LogP contribution in [0.2, 0.25) is 0 Å². The molecular formula is C33H39N3O. The molecule has 4 rings (SSSR count). The first-order valence-electron chi connectivity index (χ1n) is 13.6. The molecule has 1 aromatic heterocycles. The molecule has 0 saturated heterocycles. The van der Waals surface area contributed by atoms with E-state index < -0.39 is 0 Å². The Morgan fingerprint density at radius 1 is 0.784 bits per heavy atom. The monoisotopic (exact) mass is 493 g/mol. The number of hydrogen-bond donors (Lipinski definition) is 0. The number of imidazole rings is 1. The minimum absolute atomic E-state index is 0.107. The van der Waals surface area contributed by atoms with Gasteiger partial charge in [0.25, 0.3) is 0 Å². The number of nitrogens with zero attached hydrogens (tertiary/aromatic N) is 3. The van der Waals surface area contributed by atoms with Gasteiger partial charge in [0.1, 0.15) is 5.82 Å². The summed E-state index contributed by atoms with van der Waals surface area (Å²) in [5.74, 6) is 1.15. The van der Waals surface area contributed by atoms with Crippen LogP contribution in [-0.2, 0) is 19.6 Å². The van der Waals surface area contributed by atoms with Crippen LogP contribution >= 0.6 is 0 Å². The van der Waals surface area contributed by atoms with E-state index in [2.05, 4.69) is 96.1 Å². The number of ketones is 1. The van der Waals surface area contributed by atoms with E-state index in [-0.39, 0.29) is 5.78 Å². The van der Waals surface area contributed by atoms with E-state index in [4.69, 9.17) is 4.98 Å². The molecule has 0 spiro atoms. The summed E-state index contributed by atoms with van der Waals surface area (Å²) in [5, 5.41) is 0. The average Bonchev–Trinajstić information content (AvgIpc) is 3.29. The highest BCUT2D eigenvalue weighted by molar-refractivity contribution is 5.94. The van der Waals surface area contributed by atoms with E-state index in [1.807, 2.05) is 12.1 Å². The van der Waals surface area contributed by atoms with Gasteiger partial charge in [0.05, 0.1) is 11.4 Å². The molecule has 0 radical (unpaired) electrons. The summed E-state index contributed by atoms with van der Waals surface area (Å²) in [4.78, 5) is 19.6. The van der Waals surface area contributed by atoms with E-state index in [1.165, 1.54) is 11.3 Å². The van der Waals surface area contributed by atoms with E-state index in [0.717, 1.165) is 80.1 Å². The Balaban J connectivity index is 1.76. The van der Waals surface area contributed by atoms with Crippen LogP contribution in [0.15, 0.2) is 84.9 Å². The summed E-state index contributed by atoms with van der Waals surface area (Å²) >= 11 is 0. The number of rotatable bonds is 13. The average molecular weight is 494 g/mol. The summed E-state index contributed by atoms with van der Waals surface area (Å²) in [6, 6.07) is 29.2. The molecule has 0 saturated carbocycles. The molecule has 1 heterocycles. The lowest BCUT2D eigenvalue weighted by Gasteiger charge is -2.24. The van der Waals surface area contributed by atoms with Crippen LogP contribution < -0.4 is 0 Å². The third-order valence-corrected chi connectivity index (χ3v) is 6.85. The van der Waals surface area contributed by atoms with Gasteiger partial charge in [0.2, 0.25) is 0 Å². The van der Waals surface area contributed by atoms with Gasteiger partial charge in [-0.3, -0.25) is 9.69 Å². The highest BCUT2D eigenvalue weighted by Crippen LogP contribution is 2.31. The summed E-state index contributed by atoms with van der Waals surface area (Å²) in [7, 11) is 0. The Morgan fingerprint density at radius 2 is 1.41 bits per heavy atom. The number of unbranched alkanes of at least 4 members (excludes halogenated alkanes) is 2. The highest BCUT2D eigenvalue weighted by atomic mass is 16.1. The number of aromatic nitrogens is 2. The molecule has 4 nitrogen and oxygen atoms in total. The number of carbonyl (C=O) groups is 1. The van der Waals surface area contributed by atoms with Crippen molar-refractivity contribution in [3.8, 4) is 22.6 Å². The second-order valence-electron chi connectivity index (χ2n) is 9.79. The normalized spacial score (nSPS) is 11.2. The molecule has 4 heteroatoms. The van der Waals surface area contributed by atoms with Crippen LogP contribution in [0.3, 0.4) is 0 Å². The number of hydrogen-bond acceptors (Lipinski definition) is 3. The first kappa shape index (κ1) is 26.6. The van der Waals surface area contributed by atoms with Crippen molar-refractivity contribution < 1.29 is 4.79 Å². The summed E-state index contributed by atoms with van der Waals surface area (Å²) in [6.45, 7) is 9.73. The lowest BCUT2D eigenvalue weighted by atomic mass is 10.1. The van der Waals surface area contributed by atoms with Gasteiger partial charge in [-0.2, -0.15) is 0 Å². The second kappa shape index (κ2) is 13.2. The van der Waals surface area contributed by atoms with Crippen molar-refractivity contribution in [1.29, 1.82) is 0 Å². The van der Waals surface area contributed by atoms with Crippen LogP contribution in [0, 0.1) is 0 Å². The smallest absolute Gasteiger partial charge is 0.159 e. The number of benzene rings is 3. The van der Waals surface area contributed by atoms with Crippen molar-refractivity contribution in [2.45, 2.75) is 66.1 Å². The summed E-state index contributed by atoms with van der Waals surface area (Å²) in [5.41, 5.74) is 6.65. The molecule has 0 fully saturated rings. The van der Waals surface area contributed by atoms with Gasteiger partial charge in [0, 0.05) is 36.3 Å². The SMILES string of the molecule is CCCCN(Cc1ccc(C(C)=O)cc1)Cc1c(-c2ccccc2)nc(-c2ccccc2)n1CCCC. The Kier molecular flexibility index (Phi) is 9.45. The molecule has 37 heavy (non-hydrogen) atoms. The van der Waals surface area contributed by atoms with Crippen molar-refractivity contribution >= 4 is 5.78 Å². The van der Waals surface area contributed by atoms with E-state index in [9.17, 15) is 4.79 Å². The fourth-order valence-corrected chi connectivity index (χ4v) is 4.75. The number of carbonyl (C=O) groups excluding carboxylic acids is 1. The Hall–Kier alpha value is -3.50. The van der Waals surface area contributed by atoms with Crippen LogP contribution in [0.5, 0.6) is 0 Å². The van der Waals surface area contributed by atoms with Crippen LogP contribution in [-0.4, -0.2) is 26.8 Å². The largest absolute Gasteiger partial charge is 0.326 e. The molecule has 0 bridgehead atoms. The lowest BCUT2D eigenvalue weighted by Crippen LogP contribution is -2.26. The number of Topliss-reactive ketones (excluding diaryl/α,β-unsaturated/α-hetero) is 1. The third-order valence-electron chi connectivity index (χ3n) is 6.85. The van der Waals surface area contributed by atoms with Gasteiger partial charge >= 0.3 is 0 Å². The van der Waals surface area contributed by atoms with Crippen LogP contribution in [0.4, 0.5) is 0 Å². The van der Waals surface area contributed by atoms with Crippen molar-refractivity contribution in [3.63, 3.8) is 0 Å². The fourth-order valence-electron chi connectivity index (χ4n) is 4.75. The van der Waals surface area contributed by atoms with Crippen molar-refractivity contribution in [1.82, 2.24) is 14.5 Å². The molecule has 0 aliphatic heterocycles. The predicted molar refractivity (Wildman–Crippen MR) is 153 cm³/mol. The zero-order valence-electron chi connectivity index (χ0n) is 22.5. The minimum Gasteiger partial charge on any atom is -0.326 e. The molecule has 0 unspecified atom stereocenters. The van der Waals surface area contributed by atoms with Gasteiger partial charge in [-0.15, -0.1) is 0 Å². The second-order valence-corrected chi connectivity index (χ2v) is 9.79. The zero-order valence-corrected chi connectivity index (χ0v) is 22.5. The van der Waals surface area contributed by atoms with Crippen LogP contribution in [0.25, 0.3) is 22.6 Å². The zero-order chi connectivity index (χ0) is 26.0. The molecule has 0 aliphatic rings. The highest BCUT2D eigenvalue weighted by Gasteiger charge is 2.21. The van der Waals surface area contributed by atoms with Gasteiger partial charge in [-0.05, 0) is 31.9 Å². The van der Waals surface area contributed by atoms with Gasteiger partial charge in [-0.1, -0.05) is 112 Å². The quantitative estimate of drug-likeness (QED) is 0.177. The maximum atomic E-state index is 11.8. The van der Waals surface area contributed by atoms with E-state index in [0.29, 0.717) is 0 Å². The maximum absolute atomic E-state index is 11.8. The van der Waals surface area contributed by atoms with Crippen molar-refractivity contribution in [3.05, 3.63) is 102 Å². The molecule has 3 aromatic carbocycles. The lowest BCUT2D eigenvalue weighted by molar-refractivity contribution is 0.101. The van der Waals surface area contributed by atoms with Crippen molar-refractivity contribution in [2.24, 2.45) is 0 Å². The first-order valence-corrected chi connectivity index (χ1v) is 13.6. The summed E-state index contributed by atoms with van der Waals surface area (Å²) in [6.07, 6.45) is 4.53. The van der Waals surface area contributed by atoms with Crippen LogP contribution in [0.1, 0.15) is 68.1 Å². The Labute approximate surface area is 222 Å². The molecule has 0 atom stereocenters. The molecule has 4 aromatic rings.